The third-order valence-corrected chi connectivity index (χ3v) is 6.48. The molecule has 1 amide bonds. The van der Waals surface area contributed by atoms with Crippen molar-refractivity contribution in [2.75, 3.05) is 31.1 Å². The predicted octanol–water partition coefficient (Wildman–Crippen LogP) is 3.45. The van der Waals surface area contributed by atoms with Gasteiger partial charge < -0.3 is 19.9 Å². The lowest BCUT2D eigenvalue weighted by molar-refractivity contribution is 0.0218. The summed E-state index contributed by atoms with van der Waals surface area (Å²) in [5.41, 5.74) is 3.36. The van der Waals surface area contributed by atoms with Crippen LogP contribution in [0.1, 0.15) is 64.3 Å². The van der Waals surface area contributed by atoms with Gasteiger partial charge in [0.05, 0.1) is 5.69 Å². The summed E-state index contributed by atoms with van der Waals surface area (Å²) in [7, 11) is 0. The molecule has 34 heavy (non-hydrogen) atoms. The van der Waals surface area contributed by atoms with Gasteiger partial charge in [-0.15, -0.1) is 0 Å². The fourth-order valence-corrected chi connectivity index (χ4v) is 4.88. The maximum atomic E-state index is 13.5. The van der Waals surface area contributed by atoms with E-state index >= 15 is 0 Å². The molecule has 4 rings (SSSR count). The second-order valence-corrected chi connectivity index (χ2v) is 10.6. The van der Waals surface area contributed by atoms with Crippen LogP contribution in [0.4, 0.5) is 10.6 Å². The Morgan fingerprint density at radius 2 is 1.94 bits per heavy atom. The highest BCUT2D eigenvalue weighted by Crippen LogP contribution is 2.30. The van der Waals surface area contributed by atoms with E-state index in [4.69, 9.17) is 4.74 Å². The molecule has 0 radical (unpaired) electrons. The van der Waals surface area contributed by atoms with Gasteiger partial charge in [0.2, 0.25) is 0 Å². The van der Waals surface area contributed by atoms with Crippen LogP contribution in [0.15, 0.2) is 29.1 Å². The zero-order valence-electron chi connectivity index (χ0n) is 21.2. The first-order chi connectivity index (χ1) is 16.1. The van der Waals surface area contributed by atoms with E-state index in [-0.39, 0.29) is 23.7 Å². The van der Waals surface area contributed by atoms with Crippen LogP contribution in [0.2, 0.25) is 0 Å². The zero-order valence-corrected chi connectivity index (χ0v) is 21.2. The number of piperazine rings is 1. The smallest absolute Gasteiger partial charge is 0.410 e. The average Bonchev–Trinajstić information content (AvgIpc) is 2.77. The van der Waals surface area contributed by atoms with Gasteiger partial charge in [-0.05, 0) is 58.2 Å². The Balaban J connectivity index is 1.70. The number of rotatable bonds is 3. The number of aromatic nitrogens is 2. The molecule has 1 N–H and O–H groups in total. The summed E-state index contributed by atoms with van der Waals surface area (Å²) in [6.45, 7) is 15.1. The normalized spacial score (nSPS) is 18.7. The molecule has 1 unspecified atom stereocenters. The number of hydrogen-bond donors (Lipinski definition) is 1. The molecule has 1 aromatic carbocycles. The topological polar surface area (TPSA) is 79.7 Å². The SMILES string of the molecule is CC(C)c1ccccc1-n1c2c(c(N3CCN(C(=O)OC(C)(C)C)CC3C)nc1=O)CCNC2. The first-order valence-electron chi connectivity index (χ1n) is 12.3. The fourth-order valence-electron chi connectivity index (χ4n) is 4.88. The summed E-state index contributed by atoms with van der Waals surface area (Å²) in [6, 6.07) is 8.10. The van der Waals surface area contributed by atoms with Crippen molar-refractivity contribution in [3.63, 3.8) is 0 Å². The lowest BCUT2D eigenvalue weighted by Crippen LogP contribution is -2.55. The van der Waals surface area contributed by atoms with E-state index < -0.39 is 5.60 Å². The van der Waals surface area contributed by atoms with Crippen LogP contribution in [-0.4, -0.2) is 58.4 Å². The third kappa shape index (κ3) is 4.82. The number of ether oxygens (including phenoxy) is 1. The standard InChI is InChI=1S/C26H37N5O3/c1-17(2)19-9-7-8-10-21(19)31-22-15-27-12-11-20(22)23(28-24(31)32)30-14-13-29(16-18(30)3)25(33)34-26(4,5)6/h7-10,17-18,27H,11-16H2,1-6H3. The number of amides is 1. The molecule has 1 aromatic heterocycles. The van der Waals surface area contributed by atoms with Crippen molar-refractivity contribution in [2.24, 2.45) is 0 Å². The minimum atomic E-state index is -0.526. The molecular formula is C26H37N5O3. The van der Waals surface area contributed by atoms with E-state index in [2.05, 4.69) is 42.0 Å². The number of benzene rings is 1. The van der Waals surface area contributed by atoms with Crippen LogP contribution in [0, 0.1) is 0 Å². The second kappa shape index (κ2) is 9.41. The second-order valence-electron chi connectivity index (χ2n) is 10.6. The number of anilines is 1. The van der Waals surface area contributed by atoms with E-state index in [1.807, 2.05) is 39.0 Å². The number of fused-ring (bicyclic) bond motifs is 1. The van der Waals surface area contributed by atoms with E-state index in [9.17, 15) is 9.59 Å². The predicted molar refractivity (Wildman–Crippen MR) is 134 cm³/mol. The van der Waals surface area contributed by atoms with Crippen molar-refractivity contribution in [3.05, 3.63) is 51.6 Å². The van der Waals surface area contributed by atoms with E-state index in [1.54, 1.807) is 9.47 Å². The number of hydrogen-bond acceptors (Lipinski definition) is 6. The van der Waals surface area contributed by atoms with Crippen LogP contribution >= 0.6 is 0 Å². The Hall–Kier alpha value is -2.87. The molecule has 2 aromatic rings. The molecule has 1 saturated heterocycles. The summed E-state index contributed by atoms with van der Waals surface area (Å²) in [4.78, 5) is 34.6. The molecular weight excluding hydrogens is 430 g/mol. The molecule has 2 aliphatic heterocycles. The summed E-state index contributed by atoms with van der Waals surface area (Å²) in [5.74, 6) is 1.05. The van der Waals surface area contributed by atoms with Gasteiger partial charge in [-0.25, -0.2) is 9.59 Å². The highest BCUT2D eigenvalue weighted by molar-refractivity contribution is 5.69. The summed E-state index contributed by atoms with van der Waals surface area (Å²) in [6.07, 6.45) is 0.514. The Labute approximate surface area is 201 Å². The number of nitrogens with one attached hydrogen (secondary N) is 1. The Morgan fingerprint density at radius 1 is 1.21 bits per heavy atom. The number of carbonyl (C=O) groups excluding carboxylic acids is 1. The van der Waals surface area contributed by atoms with Crippen molar-refractivity contribution in [1.82, 2.24) is 19.8 Å². The molecule has 1 fully saturated rings. The largest absolute Gasteiger partial charge is 0.444 e. The van der Waals surface area contributed by atoms with Crippen LogP contribution in [0.3, 0.4) is 0 Å². The number of para-hydroxylation sites is 1. The van der Waals surface area contributed by atoms with Gasteiger partial charge in [0, 0.05) is 43.5 Å². The minimum Gasteiger partial charge on any atom is -0.444 e. The van der Waals surface area contributed by atoms with Gasteiger partial charge in [0.15, 0.2) is 0 Å². The summed E-state index contributed by atoms with van der Waals surface area (Å²) < 4.78 is 7.36. The van der Waals surface area contributed by atoms with Crippen molar-refractivity contribution in [2.45, 2.75) is 72.1 Å². The fraction of sp³-hybridized carbons (Fsp3) is 0.577. The van der Waals surface area contributed by atoms with Crippen molar-refractivity contribution < 1.29 is 9.53 Å². The quantitative estimate of drug-likeness (QED) is 0.745. The van der Waals surface area contributed by atoms with Crippen LogP contribution in [0.5, 0.6) is 0 Å². The van der Waals surface area contributed by atoms with Crippen molar-refractivity contribution >= 4 is 11.9 Å². The van der Waals surface area contributed by atoms with E-state index in [0.29, 0.717) is 26.2 Å². The average molecular weight is 468 g/mol. The first-order valence-corrected chi connectivity index (χ1v) is 12.3. The van der Waals surface area contributed by atoms with Gasteiger partial charge >= 0.3 is 11.8 Å². The van der Waals surface area contributed by atoms with Crippen LogP contribution < -0.4 is 15.9 Å². The molecule has 184 valence electrons. The molecule has 3 heterocycles. The first kappa shape index (κ1) is 24.3. The molecule has 1 atom stereocenters. The monoisotopic (exact) mass is 467 g/mol. The maximum absolute atomic E-state index is 13.5. The van der Waals surface area contributed by atoms with Crippen molar-refractivity contribution in [1.29, 1.82) is 0 Å². The van der Waals surface area contributed by atoms with E-state index in [1.165, 1.54) is 0 Å². The Bertz CT molecular complexity index is 1120. The summed E-state index contributed by atoms with van der Waals surface area (Å²) in [5, 5.41) is 3.44. The third-order valence-electron chi connectivity index (χ3n) is 6.48. The Kier molecular flexibility index (Phi) is 6.71. The summed E-state index contributed by atoms with van der Waals surface area (Å²) >= 11 is 0. The molecule has 8 heteroatoms. The van der Waals surface area contributed by atoms with Gasteiger partial charge in [0.1, 0.15) is 11.4 Å². The highest BCUT2D eigenvalue weighted by Gasteiger charge is 2.33. The minimum absolute atomic E-state index is 0.0194. The number of nitrogens with zero attached hydrogens (tertiary/aromatic N) is 4. The number of carbonyl (C=O) groups is 1. The lowest BCUT2D eigenvalue weighted by atomic mass is 9.99. The zero-order chi connectivity index (χ0) is 24.6. The van der Waals surface area contributed by atoms with Gasteiger partial charge in [0.25, 0.3) is 0 Å². The lowest BCUT2D eigenvalue weighted by Gasteiger charge is -2.42. The molecule has 8 nitrogen and oxygen atoms in total. The van der Waals surface area contributed by atoms with Crippen LogP contribution in [-0.2, 0) is 17.7 Å². The maximum Gasteiger partial charge on any atom is 0.410 e. The van der Waals surface area contributed by atoms with Crippen molar-refractivity contribution in [3.8, 4) is 5.69 Å². The van der Waals surface area contributed by atoms with Crippen LogP contribution in [0.25, 0.3) is 5.69 Å². The van der Waals surface area contributed by atoms with Gasteiger partial charge in [-0.1, -0.05) is 32.0 Å². The molecule has 0 spiro atoms. The molecule has 2 aliphatic rings. The molecule has 0 aliphatic carbocycles. The van der Waals surface area contributed by atoms with Gasteiger partial charge in [-0.2, -0.15) is 4.98 Å². The highest BCUT2D eigenvalue weighted by atomic mass is 16.6. The Morgan fingerprint density at radius 3 is 2.62 bits per heavy atom. The molecule has 0 bridgehead atoms. The molecule has 0 saturated carbocycles. The van der Waals surface area contributed by atoms with Gasteiger partial charge in [-0.3, -0.25) is 4.57 Å². The van der Waals surface area contributed by atoms with E-state index in [0.717, 1.165) is 41.3 Å².